The molecule has 0 bridgehead atoms. The number of sulfonamides is 1. The third-order valence-corrected chi connectivity index (χ3v) is 7.44. The van der Waals surface area contributed by atoms with Crippen molar-refractivity contribution in [3.63, 3.8) is 0 Å². The van der Waals surface area contributed by atoms with Gasteiger partial charge in [-0.3, -0.25) is 14.3 Å². The number of alkyl halides is 1. The minimum absolute atomic E-state index is 0.0826. The summed E-state index contributed by atoms with van der Waals surface area (Å²) < 4.78 is 28.8. The summed E-state index contributed by atoms with van der Waals surface area (Å²) in [6, 6.07) is 11.6. The van der Waals surface area contributed by atoms with Crippen molar-refractivity contribution in [1.82, 2.24) is 4.90 Å². The van der Waals surface area contributed by atoms with Crippen LogP contribution in [0.4, 0.5) is 11.4 Å². The lowest BCUT2D eigenvalue weighted by Gasteiger charge is -2.29. The van der Waals surface area contributed by atoms with Crippen LogP contribution in [0.3, 0.4) is 0 Å². The Morgan fingerprint density at radius 2 is 1.74 bits per heavy atom. The van der Waals surface area contributed by atoms with Crippen LogP contribution in [0.1, 0.15) is 31.9 Å². The first-order valence-electron chi connectivity index (χ1n) is 9.90. The number of rotatable bonds is 6. The Morgan fingerprint density at radius 1 is 1.10 bits per heavy atom. The maximum absolute atomic E-state index is 13.1. The van der Waals surface area contributed by atoms with Crippen LogP contribution in [0.5, 0.6) is 0 Å². The molecule has 0 aliphatic carbocycles. The van der Waals surface area contributed by atoms with Gasteiger partial charge in [-0.2, -0.15) is 0 Å². The van der Waals surface area contributed by atoms with Crippen molar-refractivity contribution in [3.05, 3.63) is 53.6 Å². The molecule has 2 aromatic carbocycles. The monoisotopic (exact) mass is 463 g/mol. The average molecular weight is 464 g/mol. The predicted molar refractivity (Wildman–Crippen MR) is 122 cm³/mol. The van der Waals surface area contributed by atoms with Gasteiger partial charge in [0.1, 0.15) is 0 Å². The molecule has 2 amide bonds. The Bertz CT molecular complexity index is 1100. The Hall–Kier alpha value is -2.58. The molecule has 0 saturated heterocycles. The highest BCUT2D eigenvalue weighted by molar-refractivity contribution is 7.92. The fourth-order valence-corrected chi connectivity index (χ4v) is 4.72. The molecule has 166 valence electrons. The van der Waals surface area contributed by atoms with E-state index in [2.05, 4.69) is 10.0 Å². The molecule has 31 heavy (non-hydrogen) atoms. The molecule has 9 heteroatoms. The SMILES string of the molecule is CC(=O)N1CCc2cccc(S(=O)(=O)Nc3ccc(NC(=O)C(C)(C)CCl)cc3)c2C1. The molecular formula is C22H26ClN3O4S. The Labute approximate surface area is 187 Å². The lowest BCUT2D eigenvalue weighted by Crippen LogP contribution is -2.35. The van der Waals surface area contributed by atoms with Gasteiger partial charge in [0.2, 0.25) is 11.8 Å². The molecule has 0 aromatic heterocycles. The third-order valence-electron chi connectivity index (χ3n) is 5.31. The van der Waals surface area contributed by atoms with Crippen molar-refractivity contribution in [1.29, 1.82) is 0 Å². The topological polar surface area (TPSA) is 95.6 Å². The third kappa shape index (κ3) is 5.19. The van der Waals surface area contributed by atoms with Gasteiger partial charge in [0.15, 0.2) is 0 Å². The van der Waals surface area contributed by atoms with Crippen LogP contribution in [0.15, 0.2) is 47.4 Å². The van der Waals surface area contributed by atoms with E-state index in [-0.39, 0.29) is 29.1 Å². The van der Waals surface area contributed by atoms with Gasteiger partial charge in [-0.15, -0.1) is 11.6 Å². The van der Waals surface area contributed by atoms with Crippen molar-refractivity contribution in [2.45, 2.75) is 38.6 Å². The number of hydrogen-bond acceptors (Lipinski definition) is 4. The molecule has 7 nitrogen and oxygen atoms in total. The van der Waals surface area contributed by atoms with Gasteiger partial charge in [-0.1, -0.05) is 12.1 Å². The molecule has 2 N–H and O–H groups in total. The van der Waals surface area contributed by atoms with E-state index < -0.39 is 15.4 Å². The summed E-state index contributed by atoms with van der Waals surface area (Å²) >= 11 is 5.83. The minimum atomic E-state index is -3.86. The summed E-state index contributed by atoms with van der Waals surface area (Å²) in [5.41, 5.74) is 1.76. The standard InChI is InChI=1S/C22H26ClN3O4S/c1-15(27)26-12-11-16-5-4-6-20(19(16)13-26)31(29,30)25-18-9-7-17(8-10-18)24-21(28)22(2,3)14-23/h4-10,25H,11-14H2,1-3H3,(H,24,28). The summed E-state index contributed by atoms with van der Waals surface area (Å²) in [6.45, 7) is 5.81. The molecule has 0 atom stereocenters. The second-order valence-electron chi connectivity index (χ2n) is 8.24. The molecule has 0 saturated carbocycles. The Morgan fingerprint density at radius 3 is 2.35 bits per heavy atom. The molecule has 0 spiro atoms. The van der Waals surface area contributed by atoms with Crippen LogP contribution >= 0.6 is 11.6 Å². The van der Waals surface area contributed by atoms with Crippen LogP contribution in [-0.2, 0) is 32.6 Å². The first-order valence-corrected chi connectivity index (χ1v) is 11.9. The number of hydrogen-bond donors (Lipinski definition) is 2. The number of halogens is 1. The summed E-state index contributed by atoms with van der Waals surface area (Å²) in [4.78, 5) is 25.8. The number of carbonyl (C=O) groups is 2. The van der Waals surface area contributed by atoms with Gasteiger partial charge in [0.05, 0.1) is 10.3 Å². The van der Waals surface area contributed by atoms with Gasteiger partial charge in [0.25, 0.3) is 10.0 Å². The van der Waals surface area contributed by atoms with Crippen LogP contribution < -0.4 is 10.0 Å². The maximum Gasteiger partial charge on any atom is 0.262 e. The number of anilines is 2. The summed E-state index contributed by atoms with van der Waals surface area (Å²) in [5, 5.41) is 2.77. The van der Waals surface area contributed by atoms with Crippen LogP contribution in [0.25, 0.3) is 0 Å². The fraction of sp³-hybridized carbons (Fsp3) is 0.364. The average Bonchev–Trinajstić information content (AvgIpc) is 2.73. The van der Waals surface area contributed by atoms with Gasteiger partial charge in [-0.25, -0.2) is 8.42 Å². The molecule has 1 heterocycles. The van der Waals surface area contributed by atoms with E-state index in [1.807, 2.05) is 6.07 Å². The predicted octanol–water partition coefficient (Wildman–Crippen LogP) is 3.60. The zero-order chi connectivity index (χ0) is 22.8. The highest BCUT2D eigenvalue weighted by Gasteiger charge is 2.27. The van der Waals surface area contributed by atoms with Gasteiger partial charge >= 0.3 is 0 Å². The highest BCUT2D eigenvalue weighted by Crippen LogP contribution is 2.28. The molecule has 1 aliphatic heterocycles. The number of nitrogens with one attached hydrogen (secondary N) is 2. The summed E-state index contributed by atoms with van der Waals surface area (Å²) in [7, 11) is -3.86. The van der Waals surface area contributed by atoms with Crippen molar-refractivity contribution < 1.29 is 18.0 Å². The number of nitrogens with zero attached hydrogens (tertiary/aromatic N) is 1. The molecule has 0 radical (unpaired) electrons. The molecule has 3 rings (SSSR count). The van der Waals surface area contributed by atoms with E-state index in [9.17, 15) is 18.0 Å². The fourth-order valence-electron chi connectivity index (χ4n) is 3.26. The van der Waals surface area contributed by atoms with E-state index >= 15 is 0 Å². The summed E-state index contributed by atoms with van der Waals surface area (Å²) in [5.74, 6) is -0.123. The smallest absolute Gasteiger partial charge is 0.262 e. The van der Waals surface area contributed by atoms with Crippen molar-refractivity contribution >= 4 is 44.8 Å². The second kappa shape index (κ2) is 8.88. The largest absolute Gasteiger partial charge is 0.338 e. The second-order valence-corrected chi connectivity index (χ2v) is 10.2. The number of benzene rings is 2. The molecular weight excluding hydrogens is 438 g/mol. The van der Waals surface area contributed by atoms with E-state index in [0.29, 0.717) is 29.9 Å². The van der Waals surface area contributed by atoms with Gasteiger partial charge < -0.3 is 10.2 Å². The van der Waals surface area contributed by atoms with Crippen LogP contribution in [-0.4, -0.2) is 37.6 Å². The first-order chi connectivity index (χ1) is 14.5. The van der Waals surface area contributed by atoms with E-state index in [1.54, 1.807) is 55.1 Å². The quantitative estimate of drug-likeness (QED) is 0.640. The lowest BCUT2D eigenvalue weighted by molar-refractivity contribution is -0.129. The van der Waals surface area contributed by atoms with E-state index in [0.717, 1.165) is 5.56 Å². The van der Waals surface area contributed by atoms with Crippen LogP contribution in [0.2, 0.25) is 0 Å². The lowest BCUT2D eigenvalue weighted by atomic mass is 9.95. The molecule has 0 unspecified atom stereocenters. The molecule has 2 aromatic rings. The molecule has 0 fully saturated rings. The minimum Gasteiger partial charge on any atom is -0.338 e. The van der Waals surface area contributed by atoms with E-state index in [4.69, 9.17) is 11.6 Å². The molecule has 1 aliphatic rings. The highest BCUT2D eigenvalue weighted by atomic mass is 35.5. The number of carbonyl (C=O) groups excluding carboxylic acids is 2. The zero-order valence-electron chi connectivity index (χ0n) is 17.7. The Balaban J connectivity index is 1.79. The van der Waals surface area contributed by atoms with Crippen molar-refractivity contribution in [2.75, 3.05) is 22.5 Å². The maximum atomic E-state index is 13.1. The van der Waals surface area contributed by atoms with Gasteiger partial charge in [-0.05, 0) is 61.7 Å². The van der Waals surface area contributed by atoms with E-state index in [1.165, 1.54) is 6.92 Å². The van der Waals surface area contributed by atoms with Crippen molar-refractivity contribution in [2.24, 2.45) is 5.41 Å². The zero-order valence-corrected chi connectivity index (χ0v) is 19.3. The number of amides is 2. The first kappa shape index (κ1) is 23.1. The summed E-state index contributed by atoms with van der Waals surface area (Å²) in [6.07, 6.45) is 0.616. The number of fused-ring (bicyclic) bond motifs is 1. The normalized spacial score (nSPS) is 14.0. The Kier molecular flexibility index (Phi) is 6.62. The van der Waals surface area contributed by atoms with Gasteiger partial charge in [0, 0.05) is 37.3 Å². The van der Waals surface area contributed by atoms with Crippen LogP contribution in [0, 0.1) is 5.41 Å². The van der Waals surface area contributed by atoms with Crippen molar-refractivity contribution in [3.8, 4) is 0 Å².